The highest BCUT2D eigenvalue weighted by molar-refractivity contribution is 7.00. The number of aryl methyl sites for hydroxylation is 4. The van der Waals surface area contributed by atoms with Crippen molar-refractivity contribution in [1.29, 1.82) is 0 Å². The quantitative estimate of drug-likeness (QED) is 0.160. The van der Waals surface area contributed by atoms with Crippen LogP contribution in [-0.2, 0) is 25.7 Å². The van der Waals surface area contributed by atoms with E-state index in [1.54, 1.807) is 0 Å². The lowest BCUT2D eigenvalue weighted by Gasteiger charge is -2.45. The number of para-hydroxylation sites is 4. The molecule has 314 valence electrons. The molecule has 10 aromatic rings. The van der Waals surface area contributed by atoms with E-state index in [0.717, 1.165) is 31.4 Å². The normalized spacial score (nSPS) is 14.7. The number of nitrogens with zero attached hydrogens (tertiary/aromatic N) is 3. The summed E-state index contributed by atoms with van der Waals surface area (Å²) in [5, 5.41) is 2.53. The molecule has 0 unspecified atom stereocenters. The third kappa shape index (κ3) is 5.70. The van der Waals surface area contributed by atoms with Crippen LogP contribution in [0.15, 0.2) is 194 Å². The number of benzene rings is 9. The zero-order chi connectivity index (χ0) is 43.3. The van der Waals surface area contributed by atoms with E-state index in [1.165, 1.54) is 143 Å². The van der Waals surface area contributed by atoms with E-state index in [0.29, 0.717) is 0 Å². The number of aromatic nitrogens is 1. The summed E-state index contributed by atoms with van der Waals surface area (Å²) in [5.41, 5.74) is 26.1. The van der Waals surface area contributed by atoms with Crippen molar-refractivity contribution in [3.63, 3.8) is 0 Å². The smallest absolute Gasteiger partial charge is 0.252 e. The van der Waals surface area contributed by atoms with Gasteiger partial charge in [-0.15, -0.1) is 0 Å². The molecule has 4 aliphatic rings. The fourth-order valence-electron chi connectivity index (χ4n) is 12.3. The minimum absolute atomic E-state index is 0.0257. The van der Waals surface area contributed by atoms with Gasteiger partial charge in [0.1, 0.15) is 0 Å². The molecule has 0 N–H and O–H groups in total. The number of anilines is 6. The zero-order valence-corrected chi connectivity index (χ0v) is 37.1. The van der Waals surface area contributed by atoms with Gasteiger partial charge in [0.05, 0.1) is 28.1 Å². The summed E-state index contributed by atoms with van der Waals surface area (Å²) in [6.07, 6.45) is 9.41. The minimum atomic E-state index is 0.0257. The molecule has 9 aromatic carbocycles. The topological polar surface area (TPSA) is 11.4 Å². The third-order valence-electron chi connectivity index (χ3n) is 15.3. The van der Waals surface area contributed by atoms with Crippen LogP contribution in [0.4, 0.5) is 34.1 Å². The first-order valence-electron chi connectivity index (χ1n) is 24.1. The van der Waals surface area contributed by atoms with E-state index in [4.69, 9.17) is 0 Å². The second-order valence-electron chi connectivity index (χ2n) is 18.9. The summed E-state index contributed by atoms with van der Waals surface area (Å²) in [6, 6.07) is 74.1. The predicted molar refractivity (Wildman–Crippen MR) is 279 cm³/mol. The van der Waals surface area contributed by atoms with E-state index in [-0.39, 0.29) is 6.71 Å². The van der Waals surface area contributed by atoms with Gasteiger partial charge in [0.25, 0.3) is 6.71 Å². The average molecular weight is 846 g/mol. The Hall–Kier alpha value is -7.56. The van der Waals surface area contributed by atoms with E-state index >= 15 is 0 Å². The number of hydrogen-bond donors (Lipinski definition) is 0. The zero-order valence-electron chi connectivity index (χ0n) is 37.1. The molecule has 1 aromatic heterocycles. The Morgan fingerprint density at radius 1 is 0.333 bits per heavy atom. The molecule has 0 saturated carbocycles. The molecule has 0 fully saturated rings. The van der Waals surface area contributed by atoms with E-state index in [9.17, 15) is 0 Å². The average Bonchev–Trinajstić information content (AvgIpc) is 3.72. The molecule has 3 nitrogen and oxygen atoms in total. The van der Waals surface area contributed by atoms with Crippen LogP contribution < -0.4 is 26.2 Å². The SMILES string of the molecule is c1ccc(-c2cc3c(cc2N2c4ccccc4B4c5ccccc5N(c5cc6c(cc5-c5ccccc5)CCCC6)c5cc(-n6c7ccccc7c7ccccc76)cc2c54)CCCC3)cc1. The molecule has 0 saturated heterocycles. The Morgan fingerprint density at radius 3 is 1.20 bits per heavy atom. The second-order valence-corrected chi connectivity index (χ2v) is 18.9. The number of rotatable bonds is 5. The van der Waals surface area contributed by atoms with Crippen molar-refractivity contribution in [2.45, 2.75) is 51.4 Å². The van der Waals surface area contributed by atoms with Gasteiger partial charge in [-0.1, -0.05) is 133 Å². The Balaban J connectivity index is 1.14. The van der Waals surface area contributed by atoms with Crippen LogP contribution >= 0.6 is 0 Å². The molecule has 0 amide bonds. The first kappa shape index (κ1) is 37.8. The molecule has 0 spiro atoms. The molecular weight excluding hydrogens is 798 g/mol. The summed E-state index contributed by atoms with van der Waals surface area (Å²) in [7, 11) is 0. The van der Waals surface area contributed by atoms with Crippen molar-refractivity contribution in [3.8, 4) is 27.9 Å². The molecule has 14 rings (SSSR count). The van der Waals surface area contributed by atoms with E-state index in [2.05, 4.69) is 208 Å². The van der Waals surface area contributed by atoms with Gasteiger partial charge in [0.2, 0.25) is 0 Å². The minimum Gasteiger partial charge on any atom is -0.311 e. The summed E-state index contributed by atoms with van der Waals surface area (Å²) in [6.45, 7) is 0.0257. The third-order valence-corrected chi connectivity index (χ3v) is 15.3. The van der Waals surface area contributed by atoms with Crippen LogP contribution in [0.1, 0.15) is 47.9 Å². The number of hydrogen-bond acceptors (Lipinski definition) is 2. The summed E-state index contributed by atoms with van der Waals surface area (Å²) in [4.78, 5) is 5.33. The predicted octanol–water partition coefficient (Wildman–Crippen LogP) is 14.0. The molecule has 2 aliphatic carbocycles. The van der Waals surface area contributed by atoms with Gasteiger partial charge in [-0.3, -0.25) is 0 Å². The highest BCUT2D eigenvalue weighted by atomic mass is 15.2. The Bertz CT molecular complexity index is 3340. The van der Waals surface area contributed by atoms with Crippen LogP contribution in [0.25, 0.3) is 49.7 Å². The highest BCUT2D eigenvalue weighted by Crippen LogP contribution is 2.51. The largest absolute Gasteiger partial charge is 0.311 e. The fraction of sp³-hybridized carbons (Fsp3) is 0.129. The highest BCUT2D eigenvalue weighted by Gasteiger charge is 2.44. The van der Waals surface area contributed by atoms with Crippen LogP contribution in [0.3, 0.4) is 0 Å². The van der Waals surface area contributed by atoms with Crippen molar-refractivity contribution in [3.05, 3.63) is 216 Å². The maximum Gasteiger partial charge on any atom is 0.252 e. The van der Waals surface area contributed by atoms with Gasteiger partial charge < -0.3 is 14.4 Å². The van der Waals surface area contributed by atoms with Crippen LogP contribution in [0, 0.1) is 0 Å². The standard InChI is InChI=1S/C62H48BN3/c1-3-19-41(20-4-1)50-35-43-23-7-9-25-45(43)37-58(50)65-56-33-17-13-29-52(56)63-53-30-14-18-34-57(53)66(59-38-46-26-10-8-24-44(46)36-51(59)42-21-5-2-6-22-42)61-40-47(39-60(65)62(61)63)64-54-31-15-11-27-48(54)49-28-12-16-32-55(49)64/h1-6,11-22,27-40H,7-10,23-26H2. The molecule has 3 heterocycles. The van der Waals surface area contributed by atoms with Gasteiger partial charge in [-0.05, 0) is 162 Å². The van der Waals surface area contributed by atoms with Crippen molar-refractivity contribution >= 4 is 79.0 Å². The lowest BCUT2D eigenvalue weighted by atomic mass is 9.33. The summed E-state index contributed by atoms with van der Waals surface area (Å²) >= 11 is 0. The maximum absolute atomic E-state index is 2.66. The van der Waals surface area contributed by atoms with Crippen molar-refractivity contribution in [2.24, 2.45) is 0 Å². The van der Waals surface area contributed by atoms with Gasteiger partial charge >= 0.3 is 0 Å². The molecule has 0 radical (unpaired) electrons. The fourth-order valence-corrected chi connectivity index (χ4v) is 12.3. The Kier molecular flexibility index (Phi) is 8.59. The Morgan fingerprint density at radius 2 is 0.727 bits per heavy atom. The van der Waals surface area contributed by atoms with Gasteiger partial charge in [0.15, 0.2) is 0 Å². The van der Waals surface area contributed by atoms with Gasteiger partial charge in [0, 0.05) is 44.6 Å². The first-order chi connectivity index (χ1) is 32.8. The summed E-state index contributed by atoms with van der Waals surface area (Å²) < 4.78 is 2.53. The van der Waals surface area contributed by atoms with Crippen molar-refractivity contribution in [1.82, 2.24) is 4.57 Å². The molecule has 2 aliphatic heterocycles. The lowest BCUT2D eigenvalue weighted by Crippen LogP contribution is -2.61. The van der Waals surface area contributed by atoms with Gasteiger partial charge in [-0.2, -0.15) is 0 Å². The van der Waals surface area contributed by atoms with Gasteiger partial charge in [-0.25, -0.2) is 0 Å². The first-order valence-corrected chi connectivity index (χ1v) is 24.1. The molecular formula is C62H48BN3. The molecule has 0 bridgehead atoms. The summed E-state index contributed by atoms with van der Waals surface area (Å²) in [5.74, 6) is 0. The molecule has 66 heavy (non-hydrogen) atoms. The van der Waals surface area contributed by atoms with Crippen molar-refractivity contribution < 1.29 is 0 Å². The lowest BCUT2D eigenvalue weighted by molar-refractivity contribution is 0.686. The number of fused-ring (bicyclic) bond motifs is 9. The van der Waals surface area contributed by atoms with Crippen LogP contribution in [-0.4, -0.2) is 11.3 Å². The second kappa shape index (κ2) is 15.0. The van der Waals surface area contributed by atoms with Crippen LogP contribution in [0.5, 0.6) is 0 Å². The monoisotopic (exact) mass is 845 g/mol. The van der Waals surface area contributed by atoms with E-state index < -0.39 is 0 Å². The van der Waals surface area contributed by atoms with Crippen molar-refractivity contribution in [2.75, 3.05) is 9.80 Å². The molecule has 4 heteroatoms. The van der Waals surface area contributed by atoms with E-state index in [1.807, 2.05) is 0 Å². The molecule has 0 atom stereocenters. The van der Waals surface area contributed by atoms with Crippen LogP contribution in [0.2, 0.25) is 0 Å². The maximum atomic E-state index is 2.66. The Labute approximate surface area is 387 Å².